The second kappa shape index (κ2) is 36.8. The molecule has 352 valence electrons. The summed E-state index contributed by atoms with van der Waals surface area (Å²) in [6.07, 6.45) is 26.6. The number of aliphatic hydroxyl groups is 5. The lowest BCUT2D eigenvalue weighted by Gasteiger charge is -2.41. The van der Waals surface area contributed by atoms with Crippen LogP contribution in [0.3, 0.4) is 0 Å². The van der Waals surface area contributed by atoms with E-state index in [9.17, 15) is 44.6 Å². The van der Waals surface area contributed by atoms with Crippen molar-refractivity contribution in [2.45, 2.75) is 243 Å². The number of carbonyl (C=O) groups is 2. The predicted molar refractivity (Wildman–Crippen MR) is 235 cm³/mol. The average molecular weight is 877 g/mol. The minimum absolute atomic E-state index is 0.0996. The highest BCUT2D eigenvalue weighted by atomic mass is 31.2. The summed E-state index contributed by atoms with van der Waals surface area (Å²) >= 11 is 0. The van der Waals surface area contributed by atoms with Crippen LogP contribution >= 0.6 is 7.82 Å². The van der Waals surface area contributed by atoms with E-state index in [0.717, 1.165) is 64.2 Å². The molecule has 0 saturated heterocycles. The Labute approximate surface area is 362 Å². The van der Waals surface area contributed by atoms with Crippen molar-refractivity contribution >= 4 is 19.8 Å². The number of hydrogen-bond acceptors (Lipinski definition) is 12. The molecule has 8 atom stereocenters. The number of esters is 2. The van der Waals surface area contributed by atoms with Gasteiger partial charge in [0.1, 0.15) is 43.2 Å². The number of rotatable bonds is 39. The van der Waals surface area contributed by atoms with Crippen LogP contribution in [0.25, 0.3) is 0 Å². The smallest absolute Gasteiger partial charge is 0.462 e. The van der Waals surface area contributed by atoms with Crippen LogP contribution in [0.5, 0.6) is 0 Å². The van der Waals surface area contributed by atoms with Gasteiger partial charge in [-0.15, -0.1) is 0 Å². The van der Waals surface area contributed by atoms with E-state index in [2.05, 4.69) is 38.2 Å². The summed E-state index contributed by atoms with van der Waals surface area (Å²) in [5, 5.41) is 50.1. The fraction of sp³-hybridized carbons (Fsp3) is 0.870. The first-order valence-electron chi connectivity index (χ1n) is 23.6. The largest absolute Gasteiger partial charge is 0.472 e. The van der Waals surface area contributed by atoms with Gasteiger partial charge >= 0.3 is 19.8 Å². The van der Waals surface area contributed by atoms with E-state index in [4.69, 9.17) is 18.5 Å². The second-order valence-electron chi connectivity index (χ2n) is 16.6. The maximum Gasteiger partial charge on any atom is 0.472 e. The molecule has 1 rings (SSSR count). The van der Waals surface area contributed by atoms with Gasteiger partial charge < -0.3 is 39.9 Å². The number of unbranched alkanes of at least 4 members (excludes halogenated alkanes) is 23. The third-order valence-electron chi connectivity index (χ3n) is 11.0. The standard InChI is InChI=1S/C46H85O13P/c1-3-5-7-9-11-13-15-17-18-19-20-21-22-23-25-26-28-30-32-34-39(47)56-36-38(58-40(48)35-33-31-29-27-24-16-14-12-10-8-6-4-2)37-57-60(54,55)59-46-44(52)42(50)41(49)43(51)45(46)53/h11,13,17-18,38,41-46,49-53H,3-10,12,14-16,19-37H2,1-2H3,(H,54,55)/b13-11+,18-17+/t38-,41?,42-,43?,44?,45?,46?/m0/s1. The Morgan fingerprint density at radius 3 is 1.38 bits per heavy atom. The Morgan fingerprint density at radius 2 is 0.900 bits per heavy atom. The third-order valence-corrected chi connectivity index (χ3v) is 12.0. The van der Waals surface area contributed by atoms with E-state index in [1.54, 1.807) is 0 Å². The van der Waals surface area contributed by atoms with E-state index in [1.807, 2.05) is 0 Å². The summed E-state index contributed by atoms with van der Waals surface area (Å²) in [5.74, 6) is -1.10. The van der Waals surface area contributed by atoms with Crippen LogP contribution in [-0.4, -0.2) is 98.3 Å². The number of aliphatic hydroxyl groups excluding tert-OH is 5. The first kappa shape index (κ1) is 56.3. The van der Waals surface area contributed by atoms with Gasteiger partial charge in [0, 0.05) is 12.8 Å². The monoisotopic (exact) mass is 877 g/mol. The van der Waals surface area contributed by atoms with Crippen LogP contribution in [0.15, 0.2) is 24.3 Å². The molecule has 0 bridgehead atoms. The molecule has 60 heavy (non-hydrogen) atoms. The number of phosphoric acid groups is 1. The molecule has 1 aliphatic carbocycles. The topological polar surface area (TPSA) is 210 Å². The van der Waals surface area contributed by atoms with Crippen LogP contribution in [0, 0.1) is 0 Å². The van der Waals surface area contributed by atoms with Crippen molar-refractivity contribution in [2.24, 2.45) is 0 Å². The molecule has 1 saturated carbocycles. The lowest BCUT2D eigenvalue weighted by atomic mass is 9.85. The van der Waals surface area contributed by atoms with E-state index < -0.39 is 75.7 Å². The van der Waals surface area contributed by atoms with Gasteiger partial charge in [-0.05, 0) is 44.9 Å². The average Bonchev–Trinajstić information content (AvgIpc) is 3.23. The summed E-state index contributed by atoms with van der Waals surface area (Å²) in [6.45, 7) is 3.27. The van der Waals surface area contributed by atoms with E-state index in [1.165, 1.54) is 96.3 Å². The van der Waals surface area contributed by atoms with Gasteiger partial charge in [0.2, 0.25) is 0 Å². The number of phosphoric ester groups is 1. The highest BCUT2D eigenvalue weighted by Crippen LogP contribution is 2.47. The van der Waals surface area contributed by atoms with E-state index in [-0.39, 0.29) is 12.8 Å². The van der Waals surface area contributed by atoms with E-state index >= 15 is 0 Å². The highest BCUT2D eigenvalue weighted by molar-refractivity contribution is 7.47. The molecule has 0 amide bonds. The first-order valence-corrected chi connectivity index (χ1v) is 25.1. The molecule has 6 unspecified atom stereocenters. The van der Waals surface area contributed by atoms with Crippen LogP contribution in [0.2, 0.25) is 0 Å². The van der Waals surface area contributed by atoms with Crippen LogP contribution in [0.4, 0.5) is 0 Å². The Balaban J connectivity index is 2.41. The van der Waals surface area contributed by atoms with Crippen LogP contribution in [-0.2, 0) is 32.7 Å². The Kier molecular flexibility index (Phi) is 34.5. The van der Waals surface area contributed by atoms with Gasteiger partial charge in [-0.3, -0.25) is 18.6 Å². The molecule has 0 aromatic rings. The molecule has 1 fully saturated rings. The zero-order valence-corrected chi connectivity index (χ0v) is 38.2. The first-order chi connectivity index (χ1) is 28.9. The van der Waals surface area contributed by atoms with Crippen molar-refractivity contribution in [2.75, 3.05) is 13.2 Å². The van der Waals surface area contributed by atoms with Crippen molar-refractivity contribution in [1.29, 1.82) is 0 Å². The fourth-order valence-corrected chi connectivity index (χ4v) is 8.17. The minimum atomic E-state index is -5.11. The third kappa shape index (κ3) is 28.8. The Hall–Kier alpha value is -1.67. The molecule has 0 aromatic heterocycles. The minimum Gasteiger partial charge on any atom is -0.462 e. The molecule has 6 N–H and O–H groups in total. The number of hydrogen-bond donors (Lipinski definition) is 6. The van der Waals surface area contributed by atoms with Crippen molar-refractivity contribution < 1.29 is 63.1 Å². The van der Waals surface area contributed by atoms with Crippen molar-refractivity contribution in [3.05, 3.63) is 24.3 Å². The summed E-state index contributed by atoms with van der Waals surface area (Å²) in [6, 6.07) is 0. The van der Waals surface area contributed by atoms with E-state index in [0.29, 0.717) is 12.8 Å². The van der Waals surface area contributed by atoms with Crippen molar-refractivity contribution in [1.82, 2.24) is 0 Å². The Morgan fingerprint density at radius 1 is 0.517 bits per heavy atom. The predicted octanol–water partition coefficient (Wildman–Crippen LogP) is 9.23. The summed E-state index contributed by atoms with van der Waals surface area (Å²) in [7, 11) is -5.11. The lowest BCUT2D eigenvalue weighted by Crippen LogP contribution is -2.64. The molecule has 0 aliphatic heterocycles. The molecule has 0 aromatic carbocycles. The summed E-state index contributed by atoms with van der Waals surface area (Å²) in [5.41, 5.74) is 0. The van der Waals surface area contributed by atoms with Gasteiger partial charge in [0.25, 0.3) is 0 Å². The summed E-state index contributed by atoms with van der Waals surface area (Å²) in [4.78, 5) is 35.7. The number of carbonyl (C=O) groups excluding carboxylic acids is 2. The van der Waals surface area contributed by atoms with Gasteiger partial charge in [-0.2, -0.15) is 0 Å². The Bertz CT molecular complexity index is 1150. The number of ether oxygens (including phenoxy) is 2. The molecule has 14 heteroatoms. The maximum atomic E-state index is 12.8. The molecule has 0 heterocycles. The molecular weight excluding hydrogens is 791 g/mol. The number of allylic oxidation sites excluding steroid dienone is 4. The molecular formula is C46H85O13P. The maximum absolute atomic E-state index is 12.8. The lowest BCUT2D eigenvalue weighted by molar-refractivity contribution is -0.220. The molecule has 13 nitrogen and oxygen atoms in total. The molecule has 0 spiro atoms. The highest BCUT2D eigenvalue weighted by Gasteiger charge is 2.51. The zero-order valence-electron chi connectivity index (χ0n) is 37.3. The van der Waals surface area contributed by atoms with Gasteiger partial charge in [0.05, 0.1) is 6.61 Å². The van der Waals surface area contributed by atoms with Crippen LogP contribution < -0.4 is 0 Å². The fourth-order valence-electron chi connectivity index (χ4n) is 7.20. The van der Waals surface area contributed by atoms with Gasteiger partial charge in [-0.25, -0.2) is 4.57 Å². The van der Waals surface area contributed by atoms with Crippen molar-refractivity contribution in [3.63, 3.8) is 0 Å². The molecule has 1 aliphatic rings. The van der Waals surface area contributed by atoms with Crippen molar-refractivity contribution in [3.8, 4) is 0 Å². The zero-order chi connectivity index (χ0) is 44.3. The van der Waals surface area contributed by atoms with Gasteiger partial charge in [-0.1, -0.05) is 167 Å². The summed E-state index contributed by atoms with van der Waals surface area (Å²) < 4.78 is 33.5. The SMILES string of the molecule is CCCCC/C=C/C/C=C/CCCCCCCCCCCC(=O)OC[C@@H](COP(=O)(O)OC1C(O)C(O)C(O)[C@H](O)C1O)OC(=O)CCCCCCCCCCCCCC. The molecule has 0 radical (unpaired) electrons. The van der Waals surface area contributed by atoms with Gasteiger partial charge in [0.15, 0.2) is 6.10 Å². The van der Waals surface area contributed by atoms with Crippen LogP contribution in [0.1, 0.15) is 200 Å². The normalized spacial score (nSPS) is 22.3. The second-order valence-corrected chi connectivity index (χ2v) is 18.0. The quantitative estimate of drug-likeness (QED) is 0.0147.